The molecule has 1 unspecified atom stereocenters. The van der Waals surface area contributed by atoms with Gasteiger partial charge in [-0.2, -0.15) is 0 Å². The minimum absolute atomic E-state index is 0.104. The highest BCUT2D eigenvalue weighted by Crippen LogP contribution is 2.23. The Labute approximate surface area is 114 Å². The van der Waals surface area contributed by atoms with Crippen molar-refractivity contribution in [2.45, 2.75) is 32.7 Å². The molecular formula is C15H22N2O2. The molecule has 0 radical (unpaired) electrons. The lowest BCUT2D eigenvalue weighted by Gasteiger charge is -2.18. The summed E-state index contributed by atoms with van der Waals surface area (Å²) in [6.45, 7) is 3.96. The molecule has 4 heteroatoms. The van der Waals surface area contributed by atoms with Gasteiger partial charge in [0.25, 0.3) is 0 Å². The van der Waals surface area contributed by atoms with Crippen LogP contribution < -0.4 is 10.6 Å². The van der Waals surface area contributed by atoms with Gasteiger partial charge in [0.1, 0.15) is 0 Å². The lowest BCUT2D eigenvalue weighted by Crippen LogP contribution is -2.24. The molecule has 1 aliphatic heterocycles. The summed E-state index contributed by atoms with van der Waals surface area (Å²) in [5.74, 6) is 0.434. The van der Waals surface area contributed by atoms with E-state index in [1.165, 1.54) is 11.1 Å². The lowest BCUT2D eigenvalue weighted by atomic mass is 10.0. The SMILES string of the molecule is CCC(CO)CNCc1ccc2c(c1)CCC(=O)N2. The van der Waals surface area contributed by atoms with Crippen LogP contribution in [0.4, 0.5) is 5.69 Å². The first-order valence-electron chi connectivity index (χ1n) is 6.96. The van der Waals surface area contributed by atoms with Gasteiger partial charge in [-0.15, -0.1) is 0 Å². The summed E-state index contributed by atoms with van der Waals surface area (Å²) >= 11 is 0. The van der Waals surface area contributed by atoms with Crippen LogP contribution in [0.2, 0.25) is 0 Å². The number of rotatable bonds is 6. The molecule has 0 bridgehead atoms. The van der Waals surface area contributed by atoms with Gasteiger partial charge < -0.3 is 15.7 Å². The van der Waals surface area contributed by atoms with E-state index in [2.05, 4.69) is 23.6 Å². The van der Waals surface area contributed by atoms with E-state index < -0.39 is 0 Å². The van der Waals surface area contributed by atoms with Crippen molar-refractivity contribution in [3.05, 3.63) is 29.3 Å². The second-order valence-corrected chi connectivity index (χ2v) is 5.13. The van der Waals surface area contributed by atoms with E-state index >= 15 is 0 Å². The molecule has 0 saturated carbocycles. The second-order valence-electron chi connectivity index (χ2n) is 5.13. The minimum atomic E-state index is 0.104. The van der Waals surface area contributed by atoms with Crippen LogP contribution >= 0.6 is 0 Å². The predicted octanol–water partition coefficient (Wildman–Crippen LogP) is 1.68. The van der Waals surface area contributed by atoms with E-state index in [1.54, 1.807) is 0 Å². The molecule has 1 aromatic rings. The Kier molecular flexibility index (Phi) is 4.93. The summed E-state index contributed by atoms with van der Waals surface area (Å²) in [6, 6.07) is 6.17. The van der Waals surface area contributed by atoms with E-state index in [0.29, 0.717) is 12.3 Å². The number of carbonyl (C=O) groups is 1. The molecule has 1 aliphatic rings. The number of aliphatic hydroxyl groups excluding tert-OH is 1. The van der Waals surface area contributed by atoms with Crippen molar-refractivity contribution in [1.29, 1.82) is 0 Å². The Morgan fingerprint density at radius 3 is 3.00 bits per heavy atom. The molecule has 1 atom stereocenters. The van der Waals surface area contributed by atoms with Crippen molar-refractivity contribution >= 4 is 11.6 Å². The van der Waals surface area contributed by atoms with Gasteiger partial charge in [0.15, 0.2) is 0 Å². The molecule has 104 valence electrons. The van der Waals surface area contributed by atoms with Crippen molar-refractivity contribution in [2.24, 2.45) is 5.92 Å². The summed E-state index contributed by atoms with van der Waals surface area (Å²) < 4.78 is 0. The van der Waals surface area contributed by atoms with Gasteiger partial charge in [-0.1, -0.05) is 19.1 Å². The van der Waals surface area contributed by atoms with Gasteiger partial charge in [-0.05, 0) is 36.0 Å². The average molecular weight is 262 g/mol. The van der Waals surface area contributed by atoms with Crippen LogP contribution in [-0.4, -0.2) is 24.2 Å². The number of aliphatic hydroxyl groups is 1. The number of hydrogen-bond donors (Lipinski definition) is 3. The number of hydrogen-bond acceptors (Lipinski definition) is 3. The Hall–Kier alpha value is -1.39. The van der Waals surface area contributed by atoms with Crippen molar-refractivity contribution in [3.8, 4) is 0 Å². The first-order valence-corrected chi connectivity index (χ1v) is 6.96. The Morgan fingerprint density at radius 1 is 1.42 bits per heavy atom. The maximum absolute atomic E-state index is 11.3. The van der Waals surface area contributed by atoms with Crippen molar-refractivity contribution in [3.63, 3.8) is 0 Å². The fourth-order valence-electron chi connectivity index (χ4n) is 2.31. The molecule has 0 aromatic heterocycles. The highest BCUT2D eigenvalue weighted by molar-refractivity contribution is 5.93. The highest BCUT2D eigenvalue weighted by Gasteiger charge is 2.14. The third-order valence-corrected chi connectivity index (χ3v) is 3.66. The summed E-state index contributed by atoms with van der Waals surface area (Å²) in [4.78, 5) is 11.3. The van der Waals surface area contributed by atoms with Crippen LogP contribution in [0, 0.1) is 5.92 Å². The van der Waals surface area contributed by atoms with Gasteiger partial charge in [0, 0.05) is 31.8 Å². The number of anilines is 1. The molecule has 2 rings (SSSR count). The zero-order valence-electron chi connectivity index (χ0n) is 11.4. The van der Waals surface area contributed by atoms with Gasteiger partial charge in [0.2, 0.25) is 5.91 Å². The van der Waals surface area contributed by atoms with Crippen LogP contribution in [-0.2, 0) is 17.8 Å². The number of nitrogens with one attached hydrogen (secondary N) is 2. The van der Waals surface area contributed by atoms with Gasteiger partial charge in [0.05, 0.1) is 0 Å². The molecule has 0 aliphatic carbocycles. The number of carbonyl (C=O) groups excluding carboxylic acids is 1. The van der Waals surface area contributed by atoms with Crippen LogP contribution in [0.5, 0.6) is 0 Å². The van der Waals surface area contributed by atoms with E-state index in [0.717, 1.165) is 31.6 Å². The maximum atomic E-state index is 11.3. The minimum Gasteiger partial charge on any atom is -0.396 e. The normalized spacial score (nSPS) is 15.8. The Balaban J connectivity index is 1.90. The van der Waals surface area contributed by atoms with Crippen molar-refractivity contribution in [1.82, 2.24) is 5.32 Å². The van der Waals surface area contributed by atoms with E-state index in [-0.39, 0.29) is 12.5 Å². The number of fused-ring (bicyclic) bond motifs is 1. The Bertz CT molecular complexity index is 442. The molecule has 1 aromatic carbocycles. The summed E-state index contributed by atoms with van der Waals surface area (Å²) in [5, 5.41) is 15.4. The van der Waals surface area contributed by atoms with Crippen molar-refractivity contribution < 1.29 is 9.90 Å². The molecular weight excluding hydrogens is 240 g/mol. The molecule has 0 fully saturated rings. The predicted molar refractivity (Wildman–Crippen MR) is 76.0 cm³/mol. The zero-order valence-corrected chi connectivity index (χ0v) is 11.4. The van der Waals surface area contributed by atoms with Crippen LogP contribution in [0.3, 0.4) is 0 Å². The molecule has 0 saturated heterocycles. The van der Waals surface area contributed by atoms with Crippen LogP contribution in [0.25, 0.3) is 0 Å². The van der Waals surface area contributed by atoms with Crippen LogP contribution in [0.15, 0.2) is 18.2 Å². The van der Waals surface area contributed by atoms with Gasteiger partial charge in [-0.25, -0.2) is 0 Å². The fraction of sp³-hybridized carbons (Fsp3) is 0.533. The third kappa shape index (κ3) is 3.78. The van der Waals surface area contributed by atoms with Gasteiger partial charge >= 0.3 is 0 Å². The first kappa shape index (κ1) is 14.0. The third-order valence-electron chi connectivity index (χ3n) is 3.66. The molecule has 0 spiro atoms. The van der Waals surface area contributed by atoms with Gasteiger partial charge in [-0.3, -0.25) is 4.79 Å². The van der Waals surface area contributed by atoms with E-state index in [1.807, 2.05) is 12.1 Å². The number of aryl methyl sites for hydroxylation is 1. The average Bonchev–Trinajstić information content (AvgIpc) is 2.43. The second kappa shape index (κ2) is 6.68. The monoisotopic (exact) mass is 262 g/mol. The summed E-state index contributed by atoms with van der Waals surface area (Å²) in [7, 11) is 0. The quantitative estimate of drug-likeness (QED) is 0.731. The summed E-state index contributed by atoms with van der Waals surface area (Å²) in [6.07, 6.45) is 2.38. The highest BCUT2D eigenvalue weighted by atomic mass is 16.3. The maximum Gasteiger partial charge on any atom is 0.224 e. The molecule has 1 amide bonds. The smallest absolute Gasteiger partial charge is 0.224 e. The van der Waals surface area contributed by atoms with E-state index in [9.17, 15) is 4.79 Å². The largest absolute Gasteiger partial charge is 0.396 e. The molecule has 1 heterocycles. The van der Waals surface area contributed by atoms with E-state index in [4.69, 9.17) is 5.11 Å². The lowest BCUT2D eigenvalue weighted by molar-refractivity contribution is -0.116. The number of amides is 1. The molecule has 3 N–H and O–H groups in total. The number of benzene rings is 1. The van der Waals surface area contributed by atoms with Crippen LogP contribution in [0.1, 0.15) is 30.9 Å². The standard InChI is InChI=1S/C15H22N2O2/c1-2-11(10-18)8-16-9-12-3-5-14-13(7-12)4-6-15(19)17-14/h3,5,7,11,16,18H,2,4,6,8-10H2,1H3,(H,17,19). The summed E-state index contributed by atoms with van der Waals surface area (Å²) in [5.41, 5.74) is 3.39. The topological polar surface area (TPSA) is 61.4 Å². The fourth-order valence-corrected chi connectivity index (χ4v) is 2.31. The first-order chi connectivity index (χ1) is 9.22. The molecule has 4 nitrogen and oxygen atoms in total. The van der Waals surface area contributed by atoms with Crippen molar-refractivity contribution in [2.75, 3.05) is 18.5 Å². The zero-order chi connectivity index (χ0) is 13.7. The Morgan fingerprint density at radius 2 is 2.26 bits per heavy atom. The molecule has 19 heavy (non-hydrogen) atoms.